The minimum absolute atomic E-state index is 0.493. The molecule has 0 amide bonds. The van der Waals surface area contributed by atoms with Crippen LogP contribution >= 0.6 is 0 Å². The Bertz CT molecular complexity index is 441. The van der Waals surface area contributed by atoms with Gasteiger partial charge >= 0.3 is 0 Å². The zero-order valence-corrected chi connectivity index (χ0v) is 13.3. The van der Waals surface area contributed by atoms with Crippen LogP contribution in [-0.4, -0.2) is 19.2 Å². The van der Waals surface area contributed by atoms with Crippen molar-refractivity contribution in [2.75, 3.05) is 13.1 Å². The van der Waals surface area contributed by atoms with Gasteiger partial charge in [-0.25, -0.2) is 0 Å². The standard InChI is InChI=1S/C19H29NO/c1-2-20-14-16-7-4-3-5-10-19(16)15-8-6-9-18(13-15)21-17-11-12-17/h6,8-9,13,16-17,19-20H,2-5,7,10-12,14H2,1H3. The molecule has 0 heterocycles. The first-order valence-electron chi connectivity index (χ1n) is 8.84. The van der Waals surface area contributed by atoms with Crippen molar-refractivity contribution in [2.24, 2.45) is 5.92 Å². The topological polar surface area (TPSA) is 21.3 Å². The summed E-state index contributed by atoms with van der Waals surface area (Å²) in [6.45, 7) is 4.44. The molecule has 1 aromatic carbocycles. The lowest BCUT2D eigenvalue weighted by molar-refractivity contribution is 0.301. The van der Waals surface area contributed by atoms with Crippen LogP contribution in [0, 0.1) is 5.92 Å². The number of ether oxygens (including phenoxy) is 1. The fraction of sp³-hybridized carbons (Fsp3) is 0.684. The van der Waals surface area contributed by atoms with Crippen molar-refractivity contribution in [3.05, 3.63) is 29.8 Å². The highest BCUT2D eigenvalue weighted by molar-refractivity contribution is 5.32. The van der Waals surface area contributed by atoms with Crippen LogP contribution in [0.3, 0.4) is 0 Å². The van der Waals surface area contributed by atoms with Crippen LogP contribution in [-0.2, 0) is 0 Å². The normalized spacial score (nSPS) is 26.3. The van der Waals surface area contributed by atoms with E-state index in [1.54, 1.807) is 0 Å². The van der Waals surface area contributed by atoms with Crippen LogP contribution in [0.5, 0.6) is 5.75 Å². The molecular weight excluding hydrogens is 258 g/mol. The number of hydrogen-bond acceptors (Lipinski definition) is 2. The van der Waals surface area contributed by atoms with Crippen LogP contribution in [0.1, 0.15) is 63.4 Å². The molecule has 2 atom stereocenters. The average molecular weight is 287 g/mol. The smallest absolute Gasteiger partial charge is 0.120 e. The molecule has 2 aliphatic rings. The second-order valence-electron chi connectivity index (χ2n) is 6.70. The fourth-order valence-electron chi connectivity index (χ4n) is 3.59. The van der Waals surface area contributed by atoms with E-state index in [-0.39, 0.29) is 0 Å². The second-order valence-corrected chi connectivity index (χ2v) is 6.70. The predicted molar refractivity (Wildman–Crippen MR) is 88.0 cm³/mol. The molecule has 0 saturated heterocycles. The third-order valence-corrected chi connectivity index (χ3v) is 4.93. The average Bonchev–Trinajstić information content (AvgIpc) is 3.32. The van der Waals surface area contributed by atoms with Gasteiger partial charge in [0.05, 0.1) is 6.10 Å². The zero-order chi connectivity index (χ0) is 14.5. The number of rotatable bonds is 6. The van der Waals surface area contributed by atoms with E-state index in [1.165, 1.54) is 50.5 Å². The Morgan fingerprint density at radius 3 is 2.76 bits per heavy atom. The Morgan fingerprint density at radius 2 is 1.95 bits per heavy atom. The molecule has 2 unspecified atom stereocenters. The van der Waals surface area contributed by atoms with Gasteiger partial charge in [0.1, 0.15) is 5.75 Å². The molecular formula is C19H29NO. The van der Waals surface area contributed by atoms with Crippen molar-refractivity contribution in [1.82, 2.24) is 5.32 Å². The summed E-state index contributed by atoms with van der Waals surface area (Å²) in [6.07, 6.45) is 9.83. The van der Waals surface area contributed by atoms with Crippen molar-refractivity contribution >= 4 is 0 Å². The van der Waals surface area contributed by atoms with Gasteiger partial charge in [-0.1, -0.05) is 38.3 Å². The Hall–Kier alpha value is -1.02. The van der Waals surface area contributed by atoms with Gasteiger partial charge in [-0.15, -0.1) is 0 Å². The first-order valence-corrected chi connectivity index (χ1v) is 8.84. The monoisotopic (exact) mass is 287 g/mol. The number of hydrogen-bond donors (Lipinski definition) is 1. The minimum Gasteiger partial charge on any atom is -0.490 e. The van der Waals surface area contributed by atoms with Crippen LogP contribution in [0.25, 0.3) is 0 Å². The SMILES string of the molecule is CCNCC1CCCCCC1c1cccc(OC2CC2)c1. The Kier molecular flexibility index (Phi) is 5.18. The summed E-state index contributed by atoms with van der Waals surface area (Å²) in [4.78, 5) is 0. The van der Waals surface area contributed by atoms with E-state index >= 15 is 0 Å². The third kappa shape index (κ3) is 4.23. The molecule has 1 aromatic rings. The molecule has 1 N–H and O–H groups in total. The lowest BCUT2D eigenvalue weighted by Gasteiger charge is -2.26. The second kappa shape index (κ2) is 7.31. The molecule has 2 saturated carbocycles. The maximum absolute atomic E-state index is 5.99. The van der Waals surface area contributed by atoms with E-state index in [0.29, 0.717) is 12.0 Å². The fourth-order valence-corrected chi connectivity index (χ4v) is 3.59. The number of nitrogens with one attached hydrogen (secondary N) is 1. The third-order valence-electron chi connectivity index (χ3n) is 4.93. The molecule has 0 aromatic heterocycles. The first kappa shape index (κ1) is 14.9. The minimum atomic E-state index is 0.493. The predicted octanol–water partition coefficient (Wildman–Crippen LogP) is 4.50. The summed E-state index contributed by atoms with van der Waals surface area (Å²) in [5.41, 5.74) is 1.50. The Labute approximate surface area is 129 Å². The van der Waals surface area contributed by atoms with Crippen LogP contribution in [0.2, 0.25) is 0 Å². The summed E-state index contributed by atoms with van der Waals surface area (Å²) in [5, 5.41) is 3.57. The van der Waals surface area contributed by atoms with E-state index < -0.39 is 0 Å². The molecule has 2 fully saturated rings. The van der Waals surface area contributed by atoms with E-state index in [4.69, 9.17) is 4.74 Å². The highest BCUT2D eigenvalue weighted by Crippen LogP contribution is 2.38. The first-order chi connectivity index (χ1) is 10.4. The van der Waals surface area contributed by atoms with Gasteiger partial charge in [-0.3, -0.25) is 0 Å². The van der Waals surface area contributed by atoms with E-state index in [0.717, 1.165) is 24.8 Å². The Balaban J connectivity index is 1.73. The molecule has 116 valence electrons. The van der Waals surface area contributed by atoms with Gasteiger partial charge in [0.25, 0.3) is 0 Å². The van der Waals surface area contributed by atoms with Crippen molar-refractivity contribution < 1.29 is 4.74 Å². The van der Waals surface area contributed by atoms with E-state index in [2.05, 4.69) is 36.5 Å². The van der Waals surface area contributed by atoms with Crippen LogP contribution in [0.4, 0.5) is 0 Å². The Morgan fingerprint density at radius 1 is 1.10 bits per heavy atom. The summed E-state index contributed by atoms with van der Waals surface area (Å²) in [5.74, 6) is 2.57. The highest BCUT2D eigenvalue weighted by atomic mass is 16.5. The van der Waals surface area contributed by atoms with Crippen molar-refractivity contribution in [2.45, 2.75) is 63.9 Å². The molecule has 2 nitrogen and oxygen atoms in total. The van der Waals surface area contributed by atoms with Crippen LogP contribution in [0.15, 0.2) is 24.3 Å². The van der Waals surface area contributed by atoms with Crippen molar-refractivity contribution in [3.8, 4) is 5.75 Å². The van der Waals surface area contributed by atoms with Gasteiger partial charge in [0.15, 0.2) is 0 Å². The van der Waals surface area contributed by atoms with Gasteiger partial charge in [-0.2, -0.15) is 0 Å². The van der Waals surface area contributed by atoms with Gasteiger partial charge < -0.3 is 10.1 Å². The molecule has 0 aliphatic heterocycles. The highest BCUT2D eigenvalue weighted by Gasteiger charge is 2.26. The molecule has 21 heavy (non-hydrogen) atoms. The summed E-state index contributed by atoms with van der Waals surface area (Å²) in [7, 11) is 0. The molecule has 2 aliphatic carbocycles. The number of benzene rings is 1. The van der Waals surface area contributed by atoms with Gasteiger partial charge in [0, 0.05) is 0 Å². The molecule has 0 radical (unpaired) electrons. The lowest BCUT2D eigenvalue weighted by atomic mass is 9.82. The zero-order valence-electron chi connectivity index (χ0n) is 13.3. The lowest BCUT2D eigenvalue weighted by Crippen LogP contribution is -2.26. The summed E-state index contributed by atoms with van der Waals surface area (Å²) < 4.78 is 5.99. The summed E-state index contributed by atoms with van der Waals surface area (Å²) >= 11 is 0. The molecule has 2 heteroatoms. The van der Waals surface area contributed by atoms with E-state index in [9.17, 15) is 0 Å². The van der Waals surface area contributed by atoms with E-state index in [1.807, 2.05) is 0 Å². The van der Waals surface area contributed by atoms with Crippen LogP contribution < -0.4 is 10.1 Å². The maximum atomic E-state index is 5.99. The largest absolute Gasteiger partial charge is 0.490 e. The molecule has 0 bridgehead atoms. The molecule has 3 rings (SSSR count). The van der Waals surface area contributed by atoms with Crippen molar-refractivity contribution in [1.29, 1.82) is 0 Å². The molecule has 0 spiro atoms. The van der Waals surface area contributed by atoms with Gasteiger partial charge in [0.2, 0.25) is 0 Å². The summed E-state index contributed by atoms with van der Waals surface area (Å²) in [6, 6.07) is 8.93. The maximum Gasteiger partial charge on any atom is 0.120 e. The quantitative estimate of drug-likeness (QED) is 0.778. The van der Waals surface area contributed by atoms with Gasteiger partial charge in [-0.05, 0) is 68.3 Å². The van der Waals surface area contributed by atoms with Crippen molar-refractivity contribution in [3.63, 3.8) is 0 Å².